The fourth-order valence-electron chi connectivity index (χ4n) is 1.73. The van der Waals surface area contributed by atoms with Gasteiger partial charge in [-0.1, -0.05) is 0 Å². The highest BCUT2D eigenvalue weighted by molar-refractivity contribution is 7.94. The van der Waals surface area contributed by atoms with Crippen molar-refractivity contribution in [3.63, 3.8) is 0 Å². The molecule has 0 amide bonds. The molecule has 20 heavy (non-hydrogen) atoms. The second-order valence-corrected chi connectivity index (χ2v) is 7.72. The van der Waals surface area contributed by atoms with E-state index >= 15 is 0 Å². The maximum Gasteiger partial charge on any atom is 0.271 e. The molecule has 0 aliphatic heterocycles. The van der Waals surface area contributed by atoms with E-state index < -0.39 is 15.8 Å². The molecule has 0 fully saturated rings. The van der Waals surface area contributed by atoms with E-state index in [1.54, 1.807) is 25.1 Å². The quantitative estimate of drug-likeness (QED) is 0.943. The minimum Gasteiger partial charge on any atom is -0.376 e. The van der Waals surface area contributed by atoms with E-state index in [1.807, 2.05) is 6.92 Å². The van der Waals surface area contributed by atoms with Gasteiger partial charge in [0.25, 0.3) is 10.0 Å². The van der Waals surface area contributed by atoms with Crippen molar-refractivity contribution in [3.05, 3.63) is 41.0 Å². The highest BCUT2D eigenvalue weighted by Gasteiger charge is 2.18. The second kappa shape index (κ2) is 5.41. The van der Waals surface area contributed by atoms with Gasteiger partial charge in [0.1, 0.15) is 10.0 Å². The van der Waals surface area contributed by atoms with E-state index in [0.29, 0.717) is 5.69 Å². The molecule has 0 aliphatic carbocycles. The van der Waals surface area contributed by atoms with Gasteiger partial charge in [-0.3, -0.25) is 4.72 Å². The van der Waals surface area contributed by atoms with Gasteiger partial charge >= 0.3 is 0 Å². The first-order chi connectivity index (χ1) is 9.29. The van der Waals surface area contributed by atoms with Crippen LogP contribution in [0.5, 0.6) is 0 Å². The summed E-state index contributed by atoms with van der Waals surface area (Å²) in [6, 6.07) is 7.28. The van der Waals surface area contributed by atoms with E-state index in [1.165, 1.54) is 35.6 Å². The minimum absolute atomic E-state index is 0.212. The summed E-state index contributed by atoms with van der Waals surface area (Å²) in [5.41, 5.74) is 0.823. The summed E-state index contributed by atoms with van der Waals surface area (Å²) < 4.78 is 40.5. The Bertz CT molecular complexity index is 724. The SMILES string of the molecule is Cc1ccc(S(=O)(=O)Nc2cc(F)ccc2N(C)C)s1. The molecule has 1 aromatic heterocycles. The summed E-state index contributed by atoms with van der Waals surface area (Å²) in [5.74, 6) is -0.490. The molecule has 7 heteroatoms. The molecular formula is C13H15FN2O2S2. The van der Waals surface area contributed by atoms with E-state index in [-0.39, 0.29) is 9.90 Å². The Morgan fingerprint density at radius 3 is 2.45 bits per heavy atom. The Kier molecular flexibility index (Phi) is 4.01. The lowest BCUT2D eigenvalue weighted by Crippen LogP contribution is -2.16. The van der Waals surface area contributed by atoms with Crippen molar-refractivity contribution in [2.75, 3.05) is 23.7 Å². The third kappa shape index (κ3) is 3.10. The van der Waals surface area contributed by atoms with E-state index in [2.05, 4.69) is 4.72 Å². The number of anilines is 2. The number of halogens is 1. The van der Waals surface area contributed by atoms with Gasteiger partial charge in [0, 0.05) is 25.0 Å². The van der Waals surface area contributed by atoms with Crippen LogP contribution in [-0.4, -0.2) is 22.5 Å². The smallest absolute Gasteiger partial charge is 0.271 e. The lowest BCUT2D eigenvalue weighted by molar-refractivity contribution is 0.603. The number of rotatable bonds is 4. The van der Waals surface area contributed by atoms with Gasteiger partial charge in [-0.05, 0) is 31.2 Å². The summed E-state index contributed by atoms with van der Waals surface area (Å²) in [6.45, 7) is 1.83. The number of thiophene rings is 1. The average molecular weight is 314 g/mol. The first-order valence-electron chi connectivity index (χ1n) is 5.86. The van der Waals surface area contributed by atoms with Gasteiger partial charge in [-0.2, -0.15) is 0 Å². The Morgan fingerprint density at radius 2 is 1.90 bits per heavy atom. The molecule has 1 heterocycles. The van der Waals surface area contributed by atoms with Crippen LogP contribution in [0, 0.1) is 12.7 Å². The zero-order valence-corrected chi connectivity index (χ0v) is 13.0. The highest BCUT2D eigenvalue weighted by Crippen LogP contribution is 2.29. The Labute approximate surface area is 121 Å². The number of sulfonamides is 1. The zero-order valence-electron chi connectivity index (χ0n) is 11.3. The number of benzene rings is 1. The largest absolute Gasteiger partial charge is 0.376 e. The molecule has 108 valence electrons. The number of hydrogen-bond donors (Lipinski definition) is 1. The summed E-state index contributed by atoms with van der Waals surface area (Å²) in [5, 5.41) is 0. The number of hydrogen-bond acceptors (Lipinski definition) is 4. The Hall–Kier alpha value is -1.60. The fraction of sp³-hybridized carbons (Fsp3) is 0.231. The molecule has 2 aromatic rings. The van der Waals surface area contributed by atoms with Crippen molar-refractivity contribution < 1.29 is 12.8 Å². The fourth-order valence-corrected chi connectivity index (χ4v) is 4.08. The normalized spacial score (nSPS) is 11.4. The molecule has 0 aliphatic rings. The van der Waals surface area contributed by atoms with Gasteiger partial charge in [0.05, 0.1) is 11.4 Å². The maximum absolute atomic E-state index is 13.3. The van der Waals surface area contributed by atoms with Crippen LogP contribution in [0.4, 0.5) is 15.8 Å². The van der Waals surface area contributed by atoms with Crippen LogP contribution in [0.3, 0.4) is 0 Å². The van der Waals surface area contributed by atoms with Crippen LogP contribution in [0.2, 0.25) is 0 Å². The summed E-state index contributed by atoms with van der Waals surface area (Å²) in [4.78, 5) is 2.62. The van der Waals surface area contributed by atoms with Gasteiger partial charge in [-0.25, -0.2) is 12.8 Å². The van der Waals surface area contributed by atoms with Crippen LogP contribution in [0.1, 0.15) is 4.88 Å². The standard InChI is InChI=1S/C13H15FN2O2S2/c1-9-4-7-13(19-9)20(17,18)15-11-8-10(14)5-6-12(11)16(2)3/h4-8,15H,1-3H3. The van der Waals surface area contributed by atoms with Crippen molar-refractivity contribution in [2.45, 2.75) is 11.1 Å². The summed E-state index contributed by atoms with van der Waals surface area (Å²) in [7, 11) is -0.162. The van der Waals surface area contributed by atoms with E-state index in [0.717, 1.165) is 4.88 Å². The van der Waals surface area contributed by atoms with E-state index in [4.69, 9.17) is 0 Å². The Balaban J connectivity index is 2.41. The zero-order chi connectivity index (χ0) is 14.9. The molecule has 2 rings (SSSR count). The molecule has 4 nitrogen and oxygen atoms in total. The number of nitrogens with zero attached hydrogens (tertiary/aromatic N) is 1. The van der Waals surface area contributed by atoms with Crippen molar-refractivity contribution in [3.8, 4) is 0 Å². The van der Waals surface area contributed by atoms with Crippen LogP contribution in [-0.2, 0) is 10.0 Å². The molecule has 0 saturated heterocycles. The first-order valence-corrected chi connectivity index (χ1v) is 8.16. The molecule has 0 atom stereocenters. The van der Waals surface area contributed by atoms with Crippen molar-refractivity contribution in [1.82, 2.24) is 0 Å². The van der Waals surface area contributed by atoms with Crippen LogP contribution >= 0.6 is 11.3 Å². The van der Waals surface area contributed by atoms with E-state index in [9.17, 15) is 12.8 Å². The first kappa shape index (κ1) is 14.8. The average Bonchev–Trinajstić information content (AvgIpc) is 2.75. The van der Waals surface area contributed by atoms with Gasteiger partial charge in [0.15, 0.2) is 0 Å². The predicted octanol–water partition coefficient (Wildman–Crippen LogP) is 3.06. The molecule has 1 aromatic carbocycles. The summed E-state index contributed by atoms with van der Waals surface area (Å²) >= 11 is 1.17. The third-order valence-corrected chi connectivity index (χ3v) is 5.52. The van der Waals surface area contributed by atoms with Crippen LogP contribution < -0.4 is 9.62 Å². The molecule has 0 radical (unpaired) electrons. The minimum atomic E-state index is -3.69. The lowest BCUT2D eigenvalue weighted by Gasteiger charge is -2.18. The van der Waals surface area contributed by atoms with Crippen LogP contribution in [0.15, 0.2) is 34.5 Å². The van der Waals surface area contributed by atoms with Crippen molar-refractivity contribution >= 4 is 32.7 Å². The van der Waals surface area contributed by atoms with Gasteiger partial charge in [0.2, 0.25) is 0 Å². The maximum atomic E-state index is 13.3. The third-order valence-electron chi connectivity index (χ3n) is 2.67. The lowest BCUT2D eigenvalue weighted by atomic mass is 10.2. The second-order valence-electron chi connectivity index (χ2n) is 4.53. The topological polar surface area (TPSA) is 49.4 Å². The molecule has 0 saturated carbocycles. The molecule has 0 bridgehead atoms. The van der Waals surface area contributed by atoms with Gasteiger partial charge < -0.3 is 4.90 Å². The molecule has 0 unspecified atom stereocenters. The number of nitrogens with one attached hydrogen (secondary N) is 1. The molecule has 0 spiro atoms. The predicted molar refractivity (Wildman–Crippen MR) is 80.6 cm³/mol. The van der Waals surface area contributed by atoms with Gasteiger partial charge in [-0.15, -0.1) is 11.3 Å². The monoisotopic (exact) mass is 314 g/mol. The molecule has 1 N–H and O–H groups in total. The Morgan fingerprint density at radius 1 is 1.20 bits per heavy atom. The van der Waals surface area contributed by atoms with Crippen molar-refractivity contribution in [1.29, 1.82) is 0 Å². The number of aryl methyl sites for hydroxylation is 1. The highest BCUT2D eigenvalue weighted by atomic mass is 32.2. The van der Waals surface area contributed by atoms with Crippen LogP contribution in [0.25, 0.3) is 0 Å². The summed E-state index contributed by atoms with van der Waals surface area (Å²) in [6.07, 6.45) is 0. The van der Waals surface area contributed by atoms with Crippen molar-refractivity contribution in [2.24, 2.45) is 0 Å². The molecular weight excluding hydrogens is 299 g/mol.